The molecule has 0 atom stereocenters. The van der Waals surface area contributed by atoms with Crippen molar-refractivity contribution in [3.05, 3.63) is 59.7 Å². The van der Waals surface area contributed by atoms with Crippen molar-refractivity contribution >= 4 is 11.6 Å². The van der Waals surface area contributed by atoms with Crippen LogP contribution in [0.4, 0.5) is 18.9 Å². The number of benzene rings is 2. The summed E-state index contributed by atoms with van der Waals surface area (Å²) >= 11 is 0. The molecule has 0 aromatic heterocycles. The summed E-state index contributed by atoms with van der Waals surface area (Å²) in [5.41, 5.74) is -1.47. The first kappa shape index (κ1) is 20.8. The van der Waals surface area contributed by atoms with Crippen LogP contribution < -0.4 is 10.1 Å². The van der Waals surface area contributed by atoms with Gasteiger partial charge in [0.1, 0.15) is 5.75 Å². The maximum absolute atomic E-state index is 13.1. The first-order valence-corrected chi connectivity index (χ1v) is 8.58. The fourth-order valence-electron chi connectivity index (χ4n) is 2.48. The Morgan fingerprint density at radius 1 is 0.889 bits per heavy atom. The molecule has 2 aromatic carbocycles. The molecule has 0 heterocycles. The van der Waals surface area contributed by atoms with Gasteiger partial charge in [-0.25, -0.2) is 0 Å². The van der Waals surface area contributed by atoms with Crippen LogP contribution in [0, 0.1) is 0 Å². The smallest absolute Gasteiger partial charge is 0.418 e. The normalized spacial score (nSPS) is 12.6. The summed E-state index contributed by atoms with van der Waals surface area (Å²) in [5, 5.41) is 2.33. The van der Waals surface area contributed by atoms with Crippen molar-refractivity contribution in [3.8, 4) is 5.75 Å². The van der Waals surface area contributed by atoms with E-state index < -0.39 is 23.2 Å². The highest BCUT2D eigenvalue weighted by Gasteiger charge is 2.36. The number of carbonyl (C=O) groups is 1. The van der Waals surface area contributed by atoms with Gasteiger partial charge in [-0.1, -0.05) is 45.0 Å². The maximum Gasteiger partial charge on any atom is 0.418 e. The van der Waals surface area contributed by atoms with E-state index in [0.717, 1.165) is 11.6 Å². The van der Waals surface area contributed by atoms with Gasteiger partial charge in [-0.3, -0.25) is 4.79 Å². The molecule has 0 aliphatic carbocycles. The molecule has 6 heteroatoms. The van der Waals surface area contributed by atoms with Crippen molar-refractivity contribution in [3.63, 3.8) is 0 Å². The van der Waals surface area contributed by atoms with E-state index in [9.17, 15) is 18.0 Å². The second-order valence-corrected chi connectivity index (χ2v) is 7.88. The Labute approximate surface area is 157 Å². The van der Waals surface area contributed by atoms with Crippen molar-refractivity contribution in [1.82, 2.24) is 0 Å². The summed E-state index contributed by atoms with van der Waals surface area (Å²) < 4.78 is 45.0. The highest BCUT2D eigenvalue weighted by molar-refractivity contribution is 5.97. The molecule has 2 rings (SSSR count). The van der Waals surface area contributed by atoms with Crippen molar-refractivity contribution in [1.29, 1.82) is 0 Å². The van der Waals surface area contributed by atoms with Crippen LogP contribution in [0.3, 0.4) is 0 Å². The average molecular weight is 379 g/mol. The van der Waals surface area contributed by atoms with E-state index in [1.54, 1.807) is 12.1 Å². The number of hydrogen-bond acceptors (Lipinski definition) is 2. The standard InChI is InChI=1S/C21H24F3NO2/c1-19(2,3)14-10-12-15(13-11-14)27-20(4,5)18(26)25-17-9-7-6-8-16(17)21(22,23)24/h6-13H,1-5H3,(H,25,26). The minimum atomic E-state index is -4.56. The zero-order chi connectivity index (χ0) is 20.5. The number of carbonyl (C=O) groups excluding carboxylic acids is 1. The molecule has 0 saturated heterocycles. The van der Waals surface area contributed by atoms with E-state index >= 15 is 0 Å². The molecule has 3 nitrogen and oxygen atoms in total. The van der Waals surface area contributed by atoms with Gasteiger partial charge in [-0.2, -0.15) is 13.2 Å². The van der Waals surface area contributed by atoms with Crippen molar-refractivity contribution in [2.75, 3.05) is 5.32 Å². The molecule has 0 spiro atoms. The van der Waals surface area contributed by atoms with Crippen LogP contribution in [-0.2, 0) is 16.4 Å². The van der Waals surface area contributed by atoms with Gasteiger partial charge in [0.15, 0.2) is 5.60 Å². The molecule has 146 valence electrons. The SMILES string of the molecule is CC(C)(Oc1ccc(C(C)(C)C)cc1)C(=O)Nc1ccccc1C(F)(F)F. The van der Waals surface area contributed by atoms with E-state index in [1.165, 1.54) is 32.0 Å². The summed E-state index contributed by atoms with van der Waals surface area (Å²) in [5.74, 6) is -0.202. The first-order chi connectivity index (χ1) is 12.3. The van der Waals surface area contributed by atoms with E-state index in [4.69, 9.17) is 4.74 Å². The molecule has 0 radical (unpaired) electrons. The minimum absolute atomic E-state index is 0.0211. The summed E-state index contributed by atoms with van der Waals surface area (Å²) in [6.45, 7) is 9.27. The molecule has 1 amide bonds. The highest BCUT2D eigenvalue weighted by Crippen LogP contribution is 2.35. The minimum Gasteiger partial charge on any atom is -0.478 e. The molecular formula is C21H24F3NO2. The van der Waals surface area contributed by atoms with Crippen molar-refractivity contribution in [2.45, 2.75) is 51.8 Å². The van der Waals surface area contributed by atoms with Gasteiger partial charge in [-0.05, 0) is 49.1 Å². The Hall–Kier alpha value is -2.50. The fraction of sp³-hybridized carbons (Fsp3) is 0.381. The number of ether oxygens (including phenoxy) is 1. The van der Waals surface area contributed by atoms with Gasteiger partial charge in [0, 0.05) is 0 Å². The lowest BCUT2D eigenvalue weighted by molar-refractivity contribution is -0.137. The zero-order valence-corrected chi connectivity index (χ0v) is 16.1. The lowest BCUT2D eigenvalue weighted by atomic mass is 9.87. The van der Waals surface area contributed by atoms with E-state index in [-0.39, 0.29) is 11.1 Å². The fourth-order valence-corrected chi connectivity index (χ4v) is 2.48. The van der Waals surface area contributed by atoms with Gasteiger partial charge in [0.05, 0.1) is 11.3 Å². The third-order valence-electron chi connectivity index (χ3n) is 4.12. The maximum atomic E-state index is 13.1. The zero-order valence-electron chi connectivity index (χ0n) is 16.1. The Kier molecular flexibility index (Phi) is 5.59. The number of hydrogen-bond donors (Lipinski definition) is 1. The number of nitrogens with one attached hydrogen (secondary N) is 1. The number of halogens is 3. The van der Waals surface area contributed by atoms with Gasteiger partial charge >= 0.3 is 6.18 Å². The quantitative estimate of drug-likeness (QED) is 0.729. The number of anilines is 1. The first-order valence-electron chi connectivity index (χ1n) is 8.58. The second-order valence-electron chi connectivity index (χ2n) is 7.88. The number of para-hydroxylation sites is 1. The summed E-state index contributed by atoms with van der Waals surface area (Å²) in [6.07, 6.45) is -4.56. The van der Waals surface area contributed by atoms with Gasteiger partial charge in [-0.15, -0.1) is 0 Å². The van der Waals surface area contributed by atoms with Crippen LogP contribution in [0.15, 0.2) is 48.5 Å². The molecule has 2 aromatic rings. The molecule has 0 bridgehead atoms. The molecule has 0 fully saturated rings. The molecular weight excluding hydrogens is 355 g/mol. The van der Waals surface area contributed by atoms with Crippen LogP contribution in [-0.4, -0.2) is 11.5 Å². The molecule has 0 aliphatic rings. The van der Waals surface area contributed by atoms with Crippen LogP contribution >= 0.6 is 0 Å². The molecule has 0 aliphatic heterocycles. The molecule has 1 N–H and O–H groups in total. The highest BCUT2D eigenvalue weighted by atomic mass is 19.4. The van der Waals surface area contributed by atoms with Gasteiger partial charge in [0.25, 0.3) is 5.91 Å². The third kappa shape index (κ3) is 5.25. The summed E-state index contributed by atoms with van der Waals surface area (Å²) in [4.78, 5) is 12.5. The monoisotopic (exact) mass is 379 g/mol. The predicted octanol–water partition coefficient (Wildman–Crippen LogP) is 5.80. The Balaban J connectivity index is 2.17. The average Bonchev–Trinajstić information content (AvgIpc) is 2.53. The van der Waals surface area contributed by atoms with Gasteiger partial charge < -0.3 is 10.1 Å². The van der Waals surface area contributed by atoms with Crippen LogP contribution in [0.25, 0.3) is 0 Å². The molecule has 0 unspecified atom stereocenters. The number of alkyl halides is 3. The topological polar surface area (TPSA) is 38.3 Å². The van der Waals surface area contributed by atoms with E-state index in [2.05, 4.69) is 26.1 Å². The Morgan fingerprint density at radius 3 is 1.96 bits per heavy atom. The summed E-state index contributed by atoms with van der Waals surface area (Å²) in [6, 6.07) is 12.2. The Morgan fingerprint density at radius 2 is 1.44 bits per heavy atom. The number of amides is 1. The summed E-state index contributed by atoms with van der Waals surface area (Å²) in [7, 11) is 0. The van der Waals surface area contributed by atoms with E-state index in [1.807, 2.05) is 12.1 Å². The van der Waals surface area contributed by atoms with Crippen LogP contribution in [0.2, 0.25) is 0 Å². The third-order valence-corrected chi connectivity index (χ3v) is 4.12. The lowest BCUT2D eigenvalue weighted by Crippen LogP contribution is -2.42. The van der Waals surface area contributed by atoms with E-state index in [0.29, 0.717) is 5.75 Å². The van der Waals surface area contributed by atoms with Gasteiger partial charge in [0.2, 0.25) is 0 Å². The van der Waals surface area contributed by atoms with Crippen LogP contribution in [0.5, 0.6) is 5.75 Å². The van der Waals surface area contributed by atoms with Crippen molar-refractivity contribution < 1.29 is 22.7 Å². The van der Waals surface area contributed by atoms with Crippen LogP contribution in [0.1, 0.15) is 45.7 Å². The van der Waals surface area contributed by atoms with Crippen molar-refractivity contribution in [2.24, 2.45) is 0 Å². The lowest BCUT2D eigenvalue weighted by Gasteiger charge is -2.27. The number of rotatable bonds is 4. The molecule has 27 heavy (non-hydrogen) atoms. The predicted molar refractivity (Wildman–Crippen MR) is 99.9 cm³/mol. The Bertz CT molecular complexity index is 803. The second kappa shape index (κ2) is 7.25. The largest absolute Gasteiger partial charge is 0.478 e. The molecule has 0 saturated carbocycles.